The van der Waals surface area contributed by atoms with Gasteiger partial charge >= 0.3 is 51.4 Å². The third-order valence-electron chi connectivity index (χ3n) is 4.37. The zero-order chi connectivity index (χ0) is 19.3. The predicted octanol–water partition coefficient (Wildman–Crippen LogP) is 1.28. The molecule has 0 aliphatic heterocycles. The van der Waals surface area contributed by atoms with Crippen LogP contribution in [0.4, 0.5) is 8.78 Å². The first-order chi connectivity index (χ1) is 12.3. The van der Waals surface area contributed by atoms with E-state index in [0.717, 1.165) is 17.2 Å². The van der Waals surface area contributed by atoms with Crippen LogP contribution in [0.25, 0.3) is 0 Å². The van der Waals surface area contributed by atoms with Crippen LogP contribution in [0.3, 0.4) is 0 Å². The van der Waals surface area contributed by atoms with E-state index >= 15 is 0 Å². The van der Waals surface area contributed by atoms with Gasteiger partial charge in [-0.15, -0.1) is 0 Å². The Morgan fingerprint density at radius 3 is 2.56 bits per heavy atom. The van der Waals surface area contributed by atoms with Gasteiger partial charge in [0, 0.05) is 24.1 Å². The van der Waals surface area contributed by atoms with Gasteiger partial charge in [0.25, 0.3) is 0 Å². The summed E-state index contributed by atoms with van der Waals surface area (Å²) in [5.41, 5.74) is 3.59. The van der Waals surface area contributed by atoms with Gasteiger partial charge in [-0.1, -0.05) is 23.7 Å². The van der Waals surface area contributed by atoms with Crippen LogP contribution < -0.4 is 56.9 Å². The van der Waals surface area contributed by atoms with E-state index in [2.05, 4.69) is 0 Å². The summed E-state index contributed by atoms with van der Waals surface area (Å²) >= 11 is 5.98. The molecule has 0 bridgehead atoms. The quantitative estimate of drug-likeness (QED) is 0.401. The van der Waals surface area contributed by atoms with Gasteiger partial charge in [0.2, 0.25) is 5.91 Å². The summed E-state index contributed by atoms with van der Waals surface area (Å²) in [7, 11) is 1.40. The van der Waals surface area contributed by atoms with Crippen molar-refractivity contribution in [1.29, 1.82) is 0 Å². The Hall–Kier alpha value is -0.384. The Labute approximate surface area is 206 Å². The number of nitrogens with one attached hydrogen (secondary N) is 1. The second-order valence-electron chi connectivity index (χ2n) is 6.06. The smallest absolute Gasteiger partial charge is 1.00 e. The number of halogens is 3. The van der Waals surface area contributed by atoms with Crippen molar-refractivity contribution in [1.82, 2.24) is 5.48 Å². The Morgan fingerprint density at radius 2 is 2.00 bits per heavy atom. The fourth-order valence-corrected chi connectivity index (χ4v) is 3.21. The number of carbonyl (C=O) groups excluding carboxylic acids is 1. The van der Waals surface area contributed by atoms with E-state index in [0.29, 0.717) is 11.4 Å². The molecule has 8 heteroatoms. The van der Waals surface area contributed by atoms with Gasteiger partial charge in [-0.2, -0.15) is 0 Å². The van der Waals surface area contributed by atoms with Crippen molar-refractivity contribution in [3.63, 3.8) is 0 Å². The molecule has 2 aromatic carbocycles. The molecule has 0 saturated carbocycles. The Kier molecular flexibility index (Phi) is 10.6. The summed E-state index contributed by atoms with van der Waals surface area (Å²) in [6.45, 7) is 1.88. The van der Waals surface area contributed by atoms with Crippen LogP contribution in [0.2, 0.25) is 5.02 Å². The average Bonchev–Trinajstić information content (AvgIpc) is 2.60. The molecule has 0 aliphatic carbocycles. The molecule has 0 aromatic heterocycles. The molecule has 0 fully saturated rings. The number of carbonyl (C=O) groups is 1. The van der Waals surface area contributed by atoms with Crippen LogP contribution in [0.5, 0.6) is 0 Å². The van der Waals surface area contributed by atoms with Gasteiger partial charge in [-0.05, 0) is 48.2 Å². The number of methoxy groups -OCH3 is 1. The molecule has 0 aliphatic rings. The number of hydroxylamine groups is 1. The largest absolute Gasteiger partial charge is 1.00 e. The second-order valence-corrected chi connectivity index (χ2v) is 6.50. The molecule has 0 radical (unpaired) electrons. The van der Waals surface area contributed by atoms with Crippen LogP contribution in [0.15, 0.2) is 36.4 Å². The fourth-order valence-electron chi connectivity index (χ4n) is 2.99. The maximum absolute atomic E-state index is 14.4. The molecule has 1 amide bonds. The van der Waals surface area contributed by atoms with E-state index in [4.69, 9.17) is 21.5 Å². The van der Waals surface area contributed by atoms with Gasteiger partial charge in [0.15, 0.2) is 0 Å². The molecule has 0 saturated heterocycles. The molecule has 2 rings (SSSR count). The number of amides is 1. The van der Waals surface area contributed by atoms with Crippen molar-refractivity contribution >= 4 is 17.5 Å². The summed E-state index contributed by atoms with van der Waals surface area (Å²) in [5.74, 6) is -2.63. The standard InChI is InChI=1S/C19H20ClF2NO3.K.H/c1-11-7-13(20)4-3-12(11)8-16(18(26-2)10-19(24)23-25)15-6-5-14(21)9-17(15)22;;/h3-7,9,16,18,25H,8,10H2,1-2H3,(H,23,24);;/q;+1;-1/t16-,18-;;/m1../s1. The van der Waals surface area contributed by atoms with E-state index in [-0.39, 0.29) is 64.8 Å². The molecule has 0 spiro atoms. The van der Waals surface area contributed by atoms with E-state index in [1.54, 1.807) is 17.6 Å². The van der Waals surface area contributed by atoms with Crippen molar-refractivity contribution in [2.24, 2.45) is 0 Å². The number of hydrogen-bond donors (Lipinski definition) is 2. The fraction of sp³-hybridized carbons (Fsp3) is 0.316. The number of aryl methyl sites for hydroxylation is 1. The predicted molar refractivity (Wildman–Crippen MR) is 95.4 cm³/mol. The van der Waals surface area contributed by atoms with E-state index in [9.17, 15) is 13.6 Å². The number of hydrogen-bond acceptors (Lipinski definition) is 3. The molecule has 0 unspecified atom stereocenters. The molecule has 2 aromatic rings. The number of benzene rings is 2. The molecular weight excluding hydrogens is 403 g/mol. The van der Waals surface area contributed by atoms with Gasteiger partial charge in [-0.25, -0.2) is 14.3 Å². The SMILES string of the molecule is CO[C@H](CC(=O)NO)[C@H](Cc1ccc(Cl)cc1C)c1ccc(F)cc1F.[H-].[K+]. The van der Waals surface area contributed by atoms with E-state index < -0.39 is 29.6 Å². The average molecular weight is 424 g/mol. The minimum Gasteiger partial charge on any atom is -1.00 e. The van der Waals surface area contributed by atoms with Crippen molar-refractivity contribution in [2.45, 2.75) is 31.8 Å². The Balaban J connectivity index is 0.00000364. The summed E-state index contributed by atoms with van der Waals surface area (Å²) in [6.07, 6.45) is -0.554. The Bertz CT molecular complexity index is 798. The molecule has 27 heavy (non-hydrogen) atoms. The first-order valence-corrected chi connectivity index (χ1v) is 8.39. The Morgan fingerprint density at radius 1 is 1.30 bits per heavy atom. The minimum absolute atomic E-state index is 0. The number of ether oxygens (including phenoxy) is 1. The molecule has 2 atom stereocenters. The monoisotopic (exact) mass is 423 g/mol. The number of rotatable bonds is 7. The first kappa shape index (κ1) is 24.7. The molecule has 2 N–H and O–H groups in total. The zero-order valence-electron chi connectivity index (χ0n) is 16.4. The molecular formula is C19H21ClF2KNO3. The van der Waals surface area contributed by atoms with Gasteiger partial charge in [0.1, 0.15) is 11.6 Å². The maximum Gasteiger partial charge on any atom is 1.00 e. The van der Waals surface area contributed by atoms with E-state index in [1.165, 1.54) is 19.2 Å². The van der Waals surface area contributed by atoms with Crippen LogP contribution in [0, 0.1) is 18.6 Å². The maximum atomic E-state index is 14.4. The van der Waals surface area contributed by atoms with Crippen LogP contribution >= 0.6 is 11.6 Å². The van der Waals surface area contributed by atoms with Crippen molar-refractivity contribution in [3.8, 4) is 0 Å². The molecule has 0 heterocycles. The third kappa shape index (κ3) is 6.87. The van der Waals surface area contributed by atoms with Gasteiger partial charge < -0.3 is 6.16 Å². The van der Waals surface area contributed by atoms with Crippen LogP contribution in [-0.4, -0.2) is 24.3 Å². The summed E-state index contributed by atoms with van der Waals surface area (Å²) < 4.78 is 33.1. The zero-order valence-corrected chi connectivity index (χ0v) is 19.3. The second kappa shape index (κ2) is 11.6. The molecule has 4 nitrogen and oxygen atoms in total. The summed E-state index contributed by atoms with van der Waals surface area (Å²) in [6, 6.07) is 8.66. The van der Waals surface area contributed by atoms with Crippen molar-refractivity contribution in [3.05, 3.63) is 69.7 Å². The third-order valence-corrected chi connectivity index (χ3v) is 4.60. The first-order valence-electron chi connectivity index (χ1n) is 8.01. The summed E-state index contributed by atoms with van der Waals surface area (Å²) in [4.78, 5) is 11.6. The topological polar surface area (TPSA) is 58.6 Å². The van der Waals surface area contributed by atoms with Crippen LogP contribution in [-0.2, 0) is 16.0 Å². The van der Waals surface area contributed by atoms with Crippen LogP contribution in [0.1, 0.15) is 30.5 Å². The van der Waals surface area contributed by atoms with Crippen molar-refractivity contribution in [2.75, 3.05) is 7.11 Å². The molecule has 142 valence electrons. The summed E-state index contributed by atoms with van der Waals surface area (Å²) in [5, 5.41) is 9.38. The van der Waals surface area contributed by atoms with E-state index in [1.807, 2.05) is 13.0 Å². The van der Waals surface area contributed by atoms with Gasteiger partial charge in [0.05, 0.1) is 12.5 Å². The van der Waals surface area contributed by atoms with Crippen molar-refractivity contribution < 1.29 is 76.3 Å². The minimum atomic E-state index is -0.725. The van der Waals surface area contributed by atoms with Gasteiger partial charge in [-0.3, -0.25) is 10.0 Å². The normalized spacial score (nSPS) is 12.8.